The molecule has 0 unspecified atom stereocenters. The van der Waals surface area contributed by atoms with Crippen LogP contribution in [0.25, 0.3) is 0 Å². The van der Waals surface area contributed by atoms with Crippen LogP contribution in [-0.2, 0) is 19.0 Å². The lowest BCUT2D eigenvalue weighted by molar-refractivity contribution is 0.117. The van der Waals surface area contributed by atoms with E-state index in [9.17, 15) is 0 Å². The Labute approximate surface area is 141 Å². The molecular formula is C18H34N4O. The minimum atomic E-state index is 0.0967. The maximum Gasteiger partial charge on any atom is 0.0722 e. The molecule has 132 valence electrons. The van der Waals surface area contributed by atoms with Crippen LogP contribution in [0.2, 0.25) is 0 Å². The molecule has 5 nitrogen and oxygen atoms in total. The van der Waals surface area contributed by atoms with E-state index < -0.39 is 0 Å². The molecule has 5 heteroatoms. The fourth-order valence-electron chi connectivity index (χ4n) is 3.55. The van der Waals surface area contributed by atoms with Gasteiger partial charge in [0.05, 0.1) is 5.69 Å². The van der Waals surface area contributed by atoms with E-state index in [1.165, 1.54) is 24.1 Å². The highest BCUT2D eigenvalue weighted by atomic mass is 16.3. The van der Waals surface area contributed by atoms with Gasteiger partial charge < -0.3 is 10.0 Å². The van der Waals surface area contributed by atoms with Gasteiger partial charge in [0.2, 0.25) is 0 Å². The van der Waals surface area contributed by atoms with E-state index in [0.29, 0.717) is 12.6 Å². The van der Waals surface area contributed by atoms with Gasteiger partial charge >= 0.3 is 0 Å². The molecule has 0 spiro atoms. The summed E-state index contributed by atoms with van der Waals surface area (Å²) >= 11 is 0. The molecule has 2 heterocycles. The maximum absolute atomic E-state index is 8.97. The zero-order chi connectivity index (χ0) is 17.0. The van der Waals surface area contributed by atoms with Crippen LogP contribution in [0.1, 0.15) is 51.3 Å². The van der Waals surface area contributed by atoms with Crippen molar-refractivity contribution in [1.82, 2.24) is 19.6 Å². The van der Waals surface area contributed by atoms with Crippen LogP contribution < -0.4 is 0 Å². The standard InChI is InChI=1S/C18H34N4O/c1-18(2,3)17-15(13-21(5)19-17)14-22-10-7-16(8-11-22)20(4)9-6-12-23/h13,16,23H,6-12,14H2,1-5H3. The predicted molar refractivity (Wildman–Crippen MR) is 94.5 cm³/mol. The lowest BCUT2D eigenvalue weighted by atomic mass is 9.89. The predicted octanol–water partition coefficient (Wildman–Crippen LogP) is 2.00. The minimum absolute atomic E-state index is 0.0967. The van der Waals surface area contributed by atoms with Gasteiger partial charge in [-0.05, 0) is 39.4 Å². The van der Waals surface area contributed by atoms with Crippen LogP contribution >= 0.6 is 0 Å². The SMILES string of the molecule is CN(CCCO)C1CCN(Cc2cn(C)nc2C(C)(C)C)CC1. The minimum Gasteiger partial charge on any atom is -0.396 e. The lowest BCUT2D eigenvalue weighted by Gasteiger charge is -2.37. The average Bonchev–Trinajstić information content (AvgIpc) is 2.86. The third-order valence-electron chi connectivity index (χ3n) is 4.86. The van der Waals surface area contributed by atoms with Crippen molar-refractivity contribution >= 4 is 0 Å². The molecular weight excluding hydrogens is 288 g/mol. The Morgan fingerprint density at radius 1 is 1.30 bits per heavy atom. The average molecular weight is 322 g/mol. The van der Waals surface area contributed by atoms with Crippen molar-refractivity contribution in [3.63, 3.8) is 0 Å². The van der Waals surface area contributed by atoms with E-state index >= 15 is 0 Å². The first kappa shape index (κ1) is 18.4. The van der Waals surface area contributed by atoms with Crippen molar-refractivity contribution in [3.05, 3.63) is 17.5 Å². The molecule has 2 rings (SSSR count). The van der Waals surface area contributed by atoms with E-state index in [2.05, 4.69) is 48.9 Å². The number of nitrogens with zero attached hydrogens (tertiary/aromatic N) is 4. The van der Waals surface area contributed by atoms with Gasteiger partial charge in [0.15, 0.2) is 0 Å². The van der Waals surface area contributed by atoms with Gasteiger partial charge in [-0.2, -0.15) is 5.10 Å². The third-order valence-corrected chi connectivity index (χ3v) is 4.86. The van der Waals surface area contributed by atoms with E-state index in [1.807, 2.05) is 11.7 Å². The van der Waals surface area contributed by atoms with Crippen molar-refractivity contribution in [1.29, 1.82) is 0 Å². The summed E-state index contributed by atoms with van der Waals surface area (Å²) in [5.41, 5.74) is 2.69. The van der Waals surface area contributed by atoms with Crippen LogP contribution in [0.5, 0.6) is 0 Å². The van der Waals surface area contributed by atoms with Gasteiger partial charge in [0.25, 0.3) is 0 Å². The van der Waals surface area contributed by atoms with Crippen molar-refractivity contribution in [2.24, 2.45) is 7.05 Å². The Morgan fingerprint density at radius 2 is 1.96 bits per heavy atom. The van der Waals surface area contributed by atoms with E-state index in [0.717, 1.165) is 32.6 Å². The number of aromatic nitrogens is 2. The largest absolute Gasteiger partial charge is 0.396 e. The number of aliphatic hydroxyl groups is 1. The molecule has 0 bridgehead atoms. The number of aliphatic hydroxyl groups excluding tert-OH is 1. The zero-order valence-corrected chi connectivity index (χ0v) is 15.5. The van der Waals surface area contributed by atoms with Crippen molar-refractivity contribution in [3.8, 4) is 0 Å². The Hall–Kier alpha value is -0.910. The summed E-state index contributed by atoms with van der Waals surface area (Å²) in [6.45, 7) is 11.3. The Kier molecular flexibility index (Phi) is 6.23. The summed E-state index contributed by atoms with van der Waals surface area (Å²) < 4.78 is 1.95. The number of aryl methyl sites for hydroxylation is 1. The monoisotopic (exact) mass is 322 g/mol. The summed E-state index contributed by atoms with van der Waals surface area (Å²) in [4.78, 5) is 4.97. The molecule has 23 heavy (non-hydrogen) atoms. The maximum atomic E-state index is 8.97. The highest BCUT2D eigenvalue weighted by Crippen LogP contribution is 2.26. The number of hydrogen-bond acceptors (Lipinski definition) is 4. The number of rotatable bonds is 6. The van der Waals surface area contributed by atoms with Gasteiger partial charge in [0.1, 0.15) is 0 Å². The summed E-state index contributed by atoms with van der Waals surface area (Å²) in [7, 11) is 4.20. The van der Waals surface area contributed by atoms with Crippen LogP contribution in [0.15, 0.2) is 6.20 Å². The quantitative estimate of drug-likeness (QED) is 0.870. The molecule has 1 aromatic rings. The fraction of sp³-hybridized carbons (Fsp3) is 0.833. The van der Waals surface area contributed by atoms with Crippen molar-refractivity contribution in [2.75, 3.05) is 33.3 Å². The first-order valence-corrected chi connectivity index (χ1v) is 8.87. The Morgan fingerprint density at radius 3 is 2.52 bits per heavy atom. The molecule has 0 aromatic carbocycles. The van der Waals surface area contributed by atoms with E-state index in [1.54, 1.807) is 0 Å². The lowest BCUT2D eigenvalue weighted by Crippen LogP contribution is -2.43. The molecule has 1 saturated heterocycles. The summed E-state index contributed by atoms with van der Waals surface area (Å²) in [6, 6.07) is 0.661. The molecule has 1 N–H and O–H groups in total. The topological polar surface area (TPSA) is 44.5 Å². The van der Waals surface area contributed by atoms with Crippen molar-refractivity contribution < 1.29 is 5.11 Å². The first-order chi connectivity index (χ1) is 10.8. The van der Waals surface area contributed by atoms with Gasteiger partial charge in [-0.1, -0.05) is 20.8 Å². The second kappa shape index (κ2) is 7.77. The summed E-state index contributed by atoms with van der Waals surface area (Å²) in [6.07, 6.45) is 5.49. The van der Waals surface area contributed by atoms with Gasteiger partial charge in [-0.15, -0.1) is 0 Å². The highest BCUT2D eigenvalue weighted by Gasteiger charge is 2.26. The fourth-order valence-corrected chi connectivity index (χ4v) is 3.55. The molecule has 0 saturated carbocycles. The van der Waals surface area contributed by atoms with Gasteiger partial charge in [-0.3, -0.25) is 9.58 Å². The molecule has 0 radical (unpaired) electrons. The smallest absolute Gasteiger partial charge is 0.0722 e. The molecule has 0 aliphatic carbocycles. The van der Waals surface area contributed by atoms with E-state index in [-0.39, 0.29) is 5.41 Å². The van der Waals surface area contributed by atoms with Crippen LogP contribution in [-0.4, -0.2) is 64.0 Å². The summed E-state index contributed by atoms with van der Waals surface area (Å²) in [5.74, 6) is 0. The Balaban J connectivity index is 1.90. The number of piperidine rings is 1. The van der Waals surface area contributed by atoms with E-state index in [4.69, 9.17) is 5.11 Å². The zero-order valence-electron chi connectivity index (χ0n) is 15.5. The second-order valence-electron chi connectivity index (χ2n) is 7.99. The van der Waals surface area contributed by atoms with Gasteiger partial charge in [0, 0.05) is 50.0 Å². The molecule has 1 aliphatic heterocycles. The molecule has 1 aromatic heterocycles. The van der Waals surface area contributed by atoms with Crippen LogP contribution in [0.3, 0.4) is 0 Å². The van der Waals surface area contributed by atoms with Crippen LogP contribution in [0.4, 0.5) is 0 Å². The number of likely N-dealkylation sites (tertiary alicyclic amines) is 1. The molecule has 1 aliphatic rings. The first-order valence-electron chi connectivity index (χ1n) is 8.87. The molecule has 0 atom stereocenters. The third kappa shape index (κ3) is 5.03. The molecule has 1 fully saturated rings. The number of hydrogen-bond donors (Lipinski definition) is 1. The Bertz CT molecular complexity index is 484. The van der Waals surface area contributed by atoms with Crippen LogP contribution in [0, 0.1) is 0 Å². The normalized spacial score (nSPS) is 18.0. The highest BCUT2D eigenvalue weighted by molar-refractivity contribution is 5.24. The van der Waals surface area contributed by atoms with Crippen molar-refractivity contribution in [2.45, 2.75) is 58.0 Å². The van der Waals surface area contributed by atoms with Gasteiger partial charge in [-0.25, -0.2) is 0 Å². The second-order valence-corrected chi connectivity index (χ2v) is 7.99. The summed E-state index contributed by atoms with van der Waals surface area (Å²) in [5, 5.41) is 13.7. The molecule has 0 amide bonds.